The molecule has 100 valence electrons. The maximum atomic E-state index is 12.3. The predicted molar refractivity (Wildman–Crippen MR) is 82.0 cm³/mol. The van der Waals surface area contributed by atoms with E-state index in [0.717, 1.165) is 10.9 Å². The molecule has 1 amide bonds. The number of carbonyl (C=O) groups excluding carboxylic acids is 1. The Balaban J connectivity index is 1.84. The number of thiophene rings is 1. The van der Waals surface area contributed by atoms with Crippen molar-refractivity contribution in [1.29, 1.82) is 0 Å². The van der Waals surface area contributed by atoms with Gasteiger partial charge in [0.15, 0.2) is 0 Å². The standard InChI is InChI=1S/C16H14N2OS/c1-11-7-9-20-14(11)10-18-16(19)13-6-2-4-12-5-3-8-17-15(12)13/h2-9H,10H2,1H3,(H,18,19). The molecule has 0 saturated heterocycles. The lowest BCUT2D eigenvalue weighted by molar-refractivity contribution is 0.0953. The van der Waals surface area contributed by atoms with Crippen molar-refractivity contribution in [2.75, 3.05) is 0 Å². The first-order valence-electron chi connectivity index (χ1n) is 6.40. The molecule has 1 aromatic carbocycles. The summed E-state index contributed by atoms with van der Waals surface area (Å²) in [4.78, 5) is 17.8. The van der Waals surface area contributed by atoms with Gasteiger partial charge in [0.25, 0.3) is 5.91 Å². The fourth-order valence-electron chi connectivity index (χ4n) is 2.13. The molecule has 1 N–H and O–H groups in total. The molecule has 0 radical (unpaired) electrons. The number of pyridine rings is 1. The highest BCUT2D eigenvalue weighted by molar-refractivity contribution is 7.10. The number of para-hydroxylation sites is 1. The molecule has 0 bridgehead atoms. The molecule has 20 heavy (non-hydrogen) atoms. The van der Waals surface area contributed by atoms with E-state index < -0.39 is 0 Å². The molecule has 2 aromatic heterocycles. The number of hydrogen-bond acceptors (Lipinski definition) is 3. The topological polar surface area (TPSA) is 42.0 Å². The Morgan fingerprint density at radius 3 is 2.90 bits per heavy atom. The second-order valence-electron chi connectivity index (χ2n) is 4.59. The van der Waals surface area contributed by atoms with Crippen LogP contribution < -0.4 is 5.32 Å². The highest BCUT2D eigenvalue weighted by atomic mass is 32.1. The number of amides is 1. The lowest BCUT2D eigenvalue weighted by Gasteiger charge is -2.07. The predicted octanol–water partition coefficient (Wildman–Crippen LogP) is 3.53. The molecule has 3 rings (SSSR count). The number of nitrogens with one attached hydrogen (secondary N) is 1. The summed E-state index contributed by atoms with van der Waals surface area (Å²) in [7, 11) is 0. The molecule has 0 fully saturated rings. The average Bonchev–Trinajstić information content (AvgIpc) is 2.89. The molecule has 3 aromatic rings. The van der Waals surface area contributed by atoms with Gasteiger partial charge in [-0.3, -0.25) is 9.78 Å². The van der Waals surface area contributed by atoms with E-state index in [0.29, 0.717) is 12.1 Å². The van der Waals surface area contributed by atoms with Crippen LogP contribution in [0, 0.1) is 6.92 Å². The number of rotatable bonds is 3. The van der Waals surface area contributed by atoms with Gasteiger partial charge < -0.3 is 5.32 Å². The first-order chi connectivity index (χ1) is 9.75. The first-order valence-corrected chi connectivity index (χ1v) is 7.28. The van der Waals surface area contributed by atoms with Crippen molar-refractivity contribution < 1.29 is 4.79 Å². The number of hydrogen-bond donors (Lipinski definition) is 1. The van der Waals surface area contributed by atoms with Crippen molar-refractivity contribution in [3.63, 3.8) is 0 Å². The molecule has 0 spiro atoms. The summed E-state index contributed by atoms with van der Waals surface area (Å²) < 4.78 is 0. The smallest absolute Gasteiger partial charge is 0.253 e. The number of fused-ring (bicyclic) bond motifs is 1. The summed E-state index contributed by atoms with van der Waals surface area (Å²) in [6, 6.07) is 11.6. The first kappa shape index (κ1) is 12.8. The molecule has 2 heterocycles. The van der Waals surface area contributed by atoms with E-state index in [1.165, 1.54) is 10.4 Å². The zero-order valence-electron chi connectivity index (χ0n) is 11.1. The monoisotopic (exact) mass is 282 g/mol. The molecule has 4 heteroatoms. The summed E-state index contributed by atoms with van der Waals surface area (Å²) in [6.07, 6.45) is 1.71. The van der Waals surface area contributed by atoms with Crippen molar-refractivity contribution in [3.8, 4) is 0 Å². The van der Waals surface area contributed by atoms with Crippen molar-refractivity contribution in [2.45, 2.75) is 13.5 Å². The van der Waals surface area contributed by atoms with Gasteiger partial charge in [0, 0.05) is 16.5 Å². The fourth-order valence-corrected chi connectivity index (χ4v) is 2.97. The molecule has 0 aliphatic carbocycles. The minimum Gasteiger partial charge on any atom is -0.347 e. The third kappa shape index (κ3) is 2.42. The van der Waals surface area contributed by atoms with E-state index in [1.54, 1.807) is 17.5 Å². The van der Waals surface area contributed by atoms with Crippen LogP contribution in [0.4, 0.5) is 0 Å². The quantitative estimate of drug-likeness (QED) is 0.798. The van der Waals surface area contributed by atoms with Crippen LogP contribution in [0.5, 0.6) is 0 Å². The van der Waals surface area contributed by atoms with Gasteiger partial charge in [0.05, 0.1) is 17.6 Å². The number of benzene rings is 1. The summed E-state index contributed by atoms with van der Waals surface area (Å²) in [6.45, 7) is 2.61. The normalized spacial score (nSPS) is 10.7. The molecular weight excluding hydrogens is 268 g/mol. The summed E-state index contributed by atoms with van der Waals surface area (Å²) in [5, 5.41) is 5.98. The van der Waals surface area contributed by atoms with Crippen molar-refractivity contribution in [1.82, 2.24) is 10.3 Å². The van der Waals surface area contributed by atoms with Crippen LogP contribution in [-0.2, 0) is 6.54 Å². The Morgan fingerprint density at radius 1 is 1.25 bits per heavy atom. The van der Waals surface area contributed by atoms with E-state index in [4.69, 9.17) is 0 Å². The number of aromatic nitrogens is 1. The second-order valence-corrected chi connectivity index (χ2v) is 5.59. The summed E-state index contributed by atoms with van der Waals surface area (Å²) >= 11 is 1.66. The molecule has 0 aliphatic rings. The van der Waals surface area contributed by atoms with Crippen molar-refractivity contribution in [3.05, 3.63) is 64.0 Å². The van der Waals surface area contributed by atoms with Crippen LogP contribution in [-0.4, -0.2) is 10.9 Å². The van der Waals surface area contributed by atoms with Gasteiger partial charge in [-0.05, 0) is 36.1 Å². The van der Waals surface area contributed by atoms with E-state index >= 15 is 0 Å². The van der Waals surface area contributed by atoms with Gasteiger partial charge in [-0.2, -0.15) is 0 Å². The minimum atomic E-state index is -0.0814. The number of nitrogens with zero attached hydrogens (tertiary/aromatic N) is 1. The maximum absolute atomic E-state index is 12.3. The second kappa shape index (κ2) is 5.43. The zero-order valence-corrected chi connectivity index (χ0v) is 11.9. The Labute approximate surface area is 121 Å². The maximum Gasteiger partial charge on any atom is 0.253 e. The van der Waals surface area contributed by atoms with Crippen LogP contribution in [0.2, 0.25) is 0 Å². The molecule has 0 aliphatic heterocycles. The number of aryl methyl sites for hydroxylation is 1. The van der Waals surface area contributed by atoms with Gasteiger partial charge >= 0.3 is 0 Å². The third-order valence-corrected chi connectivity index (χ3v) is 4.28. The average molecular weight is 282 g/mol. The van der Waals surface area contributed by atoms with Crippen LogP contribution >= 0.6 is 11.3 Å². The fraction of sp³-hybridized carbons (Fsp3) is 0.125. The Kier molecular flexibility index (Phi) is 3.48. The van der Waals surface area contributed by atoms with Gasteiger partial charge in [-0.25, -0.2) is 0 Å². The van der Waals surface area contributed by atoms with Crippen molar-refractivity contribution >= 4 is 28.1 Å². The third-order valence-electron chi connectivity index (χ3n) is 3.26. The van der Waals surface area contributed by atoms with Gasteiger partial charge in [0.1, 0.15) is 0 Å². The minimum absolute atomic E-state index is 0.0814. The Morgan fingerprint density at radius 2 is 2.10 bits per heavy atom. The number of carbonyl (C=O) groups is 1. The molecule has 0 unspecified atom stereocenters. The largest absolute Gasteiger partial charge is 0.347 e. The lowest BCUT2D eigenvalue weighted by atomic mass is 10.1. The van der Waals surface area contributed by atoms with Crippen molar-refractivity contribution in [2.24, 2.45) is 0 Å². The van der Waals surface area contributed by atoms with E-state index in [-0.39, 0.29) is 5.91 Å². The van der Waals surface area contributed by atoms with Crippen LogP contribution in [0.25, 0.3) is 10.9 Å². The Bertz CT molecular complexity index is 759. The lowest BCUT2D eigenvalue weighted by Crippen LogP contribution is -2.23. The highest BCUT2D eigenvalue weighted by Gasteiger charge is 2.11. The van der Waals surface area contributed by atoms with Gasteiger partial charge in [-0.15, -0.1) is 11.3 Å². The molecule has 3 nitrogen and oxygen atoms in total. The van der Waals surface area contributed by atoms with E-state index in [9.17, 15) is 4.79 Å². The molecule has 0 saturated carbocycles. The summed E-state index contributed by atoms with van der Waals surface area (Å²) in [5.74, 6) is -0.0814. The summed E-state index contributed by atoms with van der Waals surface area (Å²) in [5.41, 5.74) is 2.58. The molecular formula is C16H14N2OS. The van der Waals surface area contributed by atoms with E-state index in [2.05, 4.69) is 23.3 Å². The zero-order chi connectivity index (χ0) is 13.9. The molecule has 0 atom stereocenters. The van der Waals surface area contributed by atoms with Crippen LogP contribution in [0.1, 0.15) is 20.8 Å². The highest BCUT2D eigenvalue weighted by Crippen LogP contribution is 2.17. The van der Waals surface area contributed by atoms with Crippen LogP contribution in [0.15, 0.2) is 48.0 Å². The Hall–Kier alpha value is -2.20. The van der Waals surface area contributed by atoms with E-state index in [1.807, 2.05) is 35.7 Å². The SMILES string of the molecule is Cc1ccsc1CNC(=O)c1cccc2cccnc12. The van der Waals surface area contributed by atoms with Gasteiger partial charge in [0.2, 0.25) is 0 Å². The van der Waals surface area contributed by atoms with Gasteiger partial charge in [-0.1, -0.05) is 18.2 Å². The van der Waals surface area contributed by atoms with Crippen LogP contribution in [0.3, 0.4) is 0 Å².